The Labute approximate surface area is 101 Å². The van der Waals surface area contributed by atoms with Crippen molar-refractivity contribution in [3.8, 4) is 0 Å². The van der Waals surface area contributed by atoms with Crippen LogP contribution >= 0.6 is 0 Å². The Hall–Kier alpha value is -0.0400. The summed E-state index contributed by atoms with van der Waals surface area (Å²) < 4.78 is 0. The molecule has 0 bridgehead atoms. The second-order valence-electron chi connectivity index (χ2n) is 6.08. The van der Waals surface area contributed by atoms with Gasteiger partial charge in [0.1, 0.15) is 0 Å². The summed E-state index contributed by atoms with van der Waals surface area (Å²) >= 11 is 0. The fourth-order valence-electron chi connectivity index (χ4n) is 3.61. The summed E-state index contributed by atoms with van der Waals surface area (Å²) in [6.07, 6.45) is 13.0. The van der Waals surface area contributed by atoms with Crippen molar-refractivity contribution in [1.29, 1.82) is 0 Å². The summed E-state index contributed by atoms with van der Waals surface area (Å²) in [6, 6.07) is 0. The zero-order chi connectivity index (χ0) is 11.4. The molecule has 1 saturated carbocycles. The first-order valence-electron chi connectivity index (χ1n) is 7.55. The molecule has 2 unspecified atom stereocenters. The summed E-state index contributed by atoms with van der Waals surface area (Å²) in [6.45, 7) is 5.98. The van der Waals surface area contributed by atoms with Gasteiger partial charge in [0.05, 0.1) is 0 Å². The molecule has 1 heteroatoms. The van der Waals surface area contributed by atoms with Crippen molar-refractivity contribution in [2.75, 3.05) is 6.54 Å². The molecule has 94 valence electrons. The van der Waals surface area contributed by atoms with Gasteiger partial charge >= 0.3 is 0 Å². The Morgan fingerprint density at radius 2 is 2.12 bits per heavy atom. The van der Waals surface area contributed by atoms with Crippen LogP contribution in [0.5, 0.6) is 0 Å². The Morgan fingerprint density at radius 1 is 1.31 bits per heavy atom. The molecule has 0 aromatic rings. The van der Waals surface area contributed by atoms with E-state index in [0.717, 1.165) is 11.8 Å². The van der Waals surface area contributed by atoms with E-state index in [1.807, 2.05) is 0 Å². The molecular formula is C15H29N. The van der Waals surface area contributed by atoms with Crippen LogP contribution < -0.4 is 5.32 Å². The molecule has 1 aliphatic heterocycles. The van der Waals surface area contributed by atoms with Crippen LogP contribution in [0.2, 0.25) is 0 Å². The number of nitrogens with one attached hydrogen (secondary N) is 1. The van der Waals surface area contributed by atoms with E-state index in [2.05, 4.69) is 19.2 Å². The minimum atomic E-state index is 0.578. The molecule has 0 aromatic heterocycles. The van der Waals surface area contributed by atoms with Gasteiger partial charge in [-0.05, 0) is 50.5 Å². The third-order valence-corrected chi connectivity index (χ3v) is 4.83. The van der Waals surface area contributed by atoms with Crippen LogP contribution in [0.4, 0.5) is 0 Å². The summed E-state index contributed by atoms with van der Waals surface area (Å²) in [4.78, 5) is 0. The number of unbranched alkanes of at least 4 members (excludes halogenated alkanes) is 1. The van der Waals surface area contributed by atoms with Gasteiger partial charge in [-0.1, -0.05) is 39.5 Å². The van der Waals surface area contributed by atoms with Gasteiger partial charge in [0.25, 0.3) is 0 Å². The summed E-state index contributed by atoms with van der Waals surface area (Å²) in [5.41, 5.74) is 0.578. The fraction of sp³-hybridized carbons (Fsp3) is 1.00. The molecule has 2 aliphatic rings. The third-order valence-electron chi connectivity index (χ3n) is 4.83. The minimum Gasteiger partial charge on any atom is -0.311 e. The van der Waals surface area contributed by atoms with Gasteiger partial charge in [0.15, 0.2) is 0 Å². The standard InChI is InChI=1S/C15H29N/c1-3-5-7-13(4-2)12-15(14-8-9-14)10-6-11-16-15/h13-14,16H,3-12H2,1-2H3. The van der Waals surface area contributed by atoms with E-state index < -0.39 is 0 Å². The van der Waals surface area contributed by atoms with E-state index in [0.29, 0.717) is 5.54 Å². The zero-order valence-electron chi connectivity index (χ0n) is 11.2. The molecule has 0 amide bonds. The van der Waals surface area contributed by atoms with Crippen LogP contribution in [0.3, 0.4) is 0 Å². The highest BCUT2D eigenvalue weighted by molar-refractivity contribution is 5.04. The third kappa shape index (κ3) is 2.80. The normalized spacial score (nSPS) is 31.9. The Morgan fingerprint density at radius 3 is 2.62 bits per heavy atom. The van der Waals surface area contributed by atoms with Crippen molar-refractivity contribution < 1.29 is 0 Å². The topological polar surface area (TPSA) is 12.0 Å². The average molecular weight is 223 g/mol. The molecule has 1 aliphatic carbocycles. The summed E-state index contributed by atoms with van der Waals surface area (Å²) in [7, 11) is 0. The minimum absolute atomic E-state index is 0.578. The number of hydrogen-bond donors (Lipinski definition) is 1. The molecule has 0 spiro atoms. The van der Waals surface area contributed by atoms with E-state index in [1.165, 1.54) is 64.3 Å². The molecule has 0 radical (unpaired) electrons. The smallest absolute Gasteiger partial charge is 0.0212 e. The fourth-order valence-corrected chi connectivity index (χ4v) is 3.61. The molecule has 1 nitrogen and oxygen atoms in total. The molecule has 16 heavy (non-hydrogen) atoms. The SMILES string of the molecule is CCCCC(CC)CC1(C2CC2)CCCN1. The van der Waals surface area contributed by atoms with Crippen LogP contribution in [0.1, 0.15) is 71.6 Å². The first kappa shape index (κ1) is 12.4. The van der Waals surface area contributed by atoms with Gasteiger partial charge in [-0.3, -0.25) is 0 Å². The maximum atomic E-state index is 3.87. The van der Waals surface area contributed by atoms with E-state index in [1.54, 1.807) is 0 Å². The second-order valence-corrected chi connectivity index (χ2v) is 6.08. The summed E-state index contributed by atoms with van der Waals surface area (Å²) in [5, 5.41) is 3.87. The first-order valence-corrected chi connectivity index (χ1v) is 7.55. The van der Waals surface area contributed by atoms with E-state index >= 15 is 0 Å². The van der Waals surface area contributed by atoms with Gasteiger partial charge in [-0.15, -0.1) is 0 Å². The monoisotopic (exact) mass is 223 g/mol. The van der Waals surface area contributed by atoms with Gasteiger partial charge in [-0.2, -0.15) is 0 Å². The number of hydrogen-bond acceptors (Lipinski definition) is 1. The van der Waals surface area contributed by atoms with Crippen LogP contribution in [0.25, 0.3) is 0 Å². The number of rotatable bonds is 7. The van der Waals surface area contributed by atoms with Crippen molar-refractivity contribution >= 4 is 0 Å². The lowest BCUT2D eigenvalue weighted by Crippen LogP contribution is -2.43. The lowest BCUT2D eigenvalue weighted by molar-refractivity contribution is 0.235. The maximum absolute atomic E-state index is 3.87. The summed E-state index contributed by atoms with van der Waals surface area (Å²) in [5.74, 6) is 2.01. The predicted molar refractivity (Wildman–Crippen MR) is 70.6 cm³/mol. The molecule has 1 N–H and O–H groups in total. The van der Waals surface area contributed by atoms with E-state index in [-0.39, 0.29) is 0 Å². The van der Waals surface area contributed by atoms with Gasteiger partial charge < -0.3 is 5.32 Å². The van der Waals surface area contributed by atoms with Crippen molar-refractivity contribution in [3.63, 3.8) is 0 Å². The average Bonchev–Trinajstić information content (AvgIpc) is 3.07. The molecule has 2 atom stereocenters. The first-order chi connectivity index (χ1) is 7.80. The molecule has 2 fully saturated rings. The molecule has 0 aromatic carbocycles. The van der Waals surface area contributed by atoms with Gasteiger partial charge in [0.2, 0.25) is 0 Å². The van der Waals surface area contributed by atoms with Crippen LogP contribution in [0.15, 0.2) is 0 Å². The van der Waals surface area contributed by atoms with Gasteiger partial charge in [-0.25, -0.2) is 0 Å². The maximum Gasteiger partial charge on any atom is 0.0212 e. The highest BCUT2D eigenvalue weighted by Gasteiger charge is 2.47. The Balaban J connectivity index is 1.88. The van der Waals surface area contributed by atoms with Crippen molar-refractivity contribution in [2.24, 2.45) is 11.8 Å². The second kappa shape index (κ2) is 5.53. The van der Waals surface area contributed by atoms with E-state index in [9.17, 15) is 0 Å². The largest absolute Gasteiger partial charge is 0.311 e. The Kier molecular flexibility index (Phi) is 4.29. The van der Waals surface area contributed by atoms with Gasteiger partial charge in [0, 0.05) is 5.54 Å². The highest BCUT2D eigenvalue weighted by Crippen LogP contribution is 2.48. The Bertz CT molecular complexity index is 201. The highest BCUT2D eigenvalue weighted by atomic mass is 15.0. The van der Waals surface area contributed by atoms with Crippen LogP contribution in [-0.4, -0.2) is 12.1 Å². The van der Waals surface area contributed by atoms with Crippen molar-refractivity contribution in [3.05, 3.63) is 0 Å². The lowest BCUT2D eigenvalue weighted by Gasteiger charge is -2.34. The predicted octanol–water partition coefficient (Wildman–Crippen LogP) is 4.13. The van der Waals surface area contributed by atoms with Crippen molar-refractivity contribution in [2.45, 2.75) is 77.2 Å². The lowest BCUT2D eigenvalue weighted by atomic mass is 9.79. The molecular weight excluding hydrogens is 194 g/mol. The van der Waals surface area contributed by atoms with Crippen LogP contribution in [0, 0.1) is 11.8 Å². The quantitative estimate of drug-likeness (QED) is 0.684. The molecule has 1 heterocycles. The zero-order valence-corrected chi connectivity index (χ0v) is 11.2. The molecule has 2 rings (SSSR count). The van der Waals surface area contributed by atoms with Crippen LogP contribution in [-0.2, 0) is 0 Å². The van der Waals surface area contributed by atoms with Crippen molar-refractivity contribution in [1.82, 2.24) is 5.32 Å². The van der Waals surface area contributed by atoms with E-state index in [4.69, 9.17) is 0 Å². The molecule has 1 saturated heterocycles.